The number of hydrogen-bond donors (Lipinski definition) is 1. The lowest BCUT2D eigenvalue weighted by Crippen LogP contribution is -2.35. The van der Waals surface area contributed by atoms with E-state index >= 15 is 0 Å². The number of thiazole rings is 1. The molecule has 5 rings (SSSR count). The van der Waals surface area contributed by atoms with Crippen molar-refractivity contribution in [2.75, 3.05) is 6.54 Å². The summed E-state index contributed by atoms with van der Waals surface area (Å²) in [5.74, 6) is 0.441. The zero-order chi connectivity index (χ0) is 23.7. The highest BCUT2D eigenvalue weighted by Gasteiger charge is 2.33. The number of nitrogens with two attached hydrogens (primary N) is 1. The van der Waals surface area contributed by atoms with Gasteiger partial charge in [-0.05, 0) is 50.8 Å². The highest BCUT2D eigenvalue weighted by molar-refractivity contribution is 7.09. The monoisotopic (exact) mass is 474 g/mol. The lowest BCUT2D eigenvalue weighted by molar-refractivity contribution is 0.0729. The first kappa shape index (κ1) is 22.4. The van der Waals surface area contributed by atoms with Crippen molar-refractivity contribution in [2.45, 2.75) is 44.7 Å². The third-order valence-electron chi connectivity index (χ3n) is 5.95. The molecule has 8 nitrogen and oxygen atoms in total. The van der Waals surface area contributed by atoms with E-state index in [1.807, 2.05) is 54.5 Å². The van der Waals surface area contributed by atoms with Crippen LogP contribution in [0.4, 0.5) is 0 Å². The molecule has 1 aromatic carbocycles. The van der Waals surface area contributed by atoms with Gasteiger partial charge in [0.15, 0.2) is 0 Å². The summed E-state index contributed by atoms with van der Waals surface area (Å²) in [5.41, 5.74) is 8.52. The normalized spacial score (nSPS) is 17.6. The highest BCUT2D eigenvalue weighted by Crippen LogP contribution is 2.35. The van der Waals surface area contributed by atoms with Crippen LogP contribution in [0.3, 0.4) is 0 Å². The van der Waals surface area contributed by atoms with Crippen molar-refractivity contribution in [3.05, 3.63) is 81.8 Å². The maximum Gasteiger partial charge on any atom is 0.273 e. The molecule has 1 amide bonds. The number of likely N-dealkylation sites (tertiary alicyclic amines) is 1. The smallest absolute Gasteiger partial charge is 0.273 e. The first-order valence-corrected chi connectivity index (χ1v) is 12.2. The number of aryl methyl sites for hydroxylation is 1. The van der Waals surface area contributed by atoms with Gasteiger partial charge in [0.05, 0.1) is 11.6 Å². The van der Waals surface area contributed by atoms with Crippen LogP contribution in [0.15, 0.2) is 58.3 Å². The molecule has 4 heterocycles. The van der Waals surface area contributed by atoms with Gasteiger partial charge in [-0.1, -0.05) is 36.4 Å². The molecule has 0 aliphatic carbocycles. The lowest BCUT2D eigenvalue weighted by Gasteiger charge is -2.22. The van der Waals surface area contributed by atoms with Crippen molar-refractivity contribution in [1.29, 1.82) is 0 Å². The molecule has 9 heteroatoms. The number of nitrogens with zero attached hydrogens (tertiary/aromatic N) is 5. The molecule has 4 aromatic rings. The quantitative estimate of drug-likeness (QED) is 0.444. The summed E-state index contributed by atoms with van der Waals surface area (Å²) < 4.78 is 5.92. The summed E-state index contributed by atoms with van der Waals surface area (Å²) in [6, 6.07) is 15.2. The fourth-order valence-electron chi connectivity index (χ4n) is 4.26. The van der Waals surface area contributed by atoms with E-state index in [0.29, 0.717) is 30.2 Å². The minimum atomic E-state index is -0.839. The van der Waals surface area contributed by atoms with Gasteiger partial charge in [-0.15, -0.1) is 21.5 Å². The fourth-order valence-corrected chi connectivity index (χ4v) is 5.21. The Balaban J connectivity index is 1.36. The molecule has 1 saturated heterocycles. The topological polar surface area (TPSA) is 111 Å². The van der Waals surface area contributed by atoms with Gasteiger partial charge in [0, 0.05) is 17.6 Å². The van der Waals surface area contributed by atoms with Crippen LogP contribution < -0.4 is 5.73 Å². The van der Waals surface area contributed by atoms with Crippen LogP contribution in [-0.2, 0) is 12.0 Å². The van der Waals surface area contributed by atoms with E-state index in [-0.39, 0.29) is 17.8 Å². The Morgan fingerprint density at radius 2 is 2.00 bits per heavy atom. The Morgan fingerprint density at radius 1 is 1.18 bits per heavy atom. The molecule has 2 atom stereocenters. The number of hydrogen-bond acceptors (Lipinski definition) is 8. The molecule has 34 heavy (non-hydrogen) atoms. The average molecular weight is 475 g/mol. The summed E-state index contributed by atoms with van der Waals surface area (Å²) in [5, 5.41) is 11.3. The van der Waals surface area contributed by atoms with Gasteiger partial charge in [0.25, 0.3) is 11.8 Å². The fraction of sp³-hybridized carbons (Fsp3) is 0.320. The van der Waals surface area contributed by atoms with Crippen molar-refractivity contribution in [3.63, 3.8) is 0 Å². The number of pyridine rings is 1. The predicted molar refractivity (Wildman–Crippen MR) is 129 cm³/mol. The van der Waals surface area contributed by atoms with Gasteiger partial charge < -0.3 is 15.1 Å². The van der Waals surface area contributed by atoms with Gasteiger partial charge >= 0.3 is 0 Å². The summed E-state index contributed by atoms with van der Waals surface area (Å²) in [7, 11) is 0. The van der Waals surface area contributed by atoms with Gasteiger partial charge in [-0.25, -0.2) is 9.97 Å². The Hall–Kier alpha value is -3.43. The molecule has 0 radical (unpaired) electrons. The lowest BCUT2D eigenvalue weighted by atomic mass is 9.94. The number of amides is 1. The Bertz CT molecular complexity index is 1300. The standard InChI is InChI=1S/C25H26N6O2S/c1-16-15-34-22(27-16)20-12-7-13-31(20)23(32)19-11-6-10-18(28-19)21-29-30-24(33-21)25(2,26)14-17-8-4-3-5-9-17/h3-6,8-11,15,20H,7,12-14,26H2,1-2H3/t20-,25-/m1/s1. The second-order valence-electron chi connectivity index (χ2n) is 8.88. The van der Waals surface area contributed by atoms with Gasteiger partial charge in [0.1, 0.15) is 16.4 Å². The zero-order valence-corrected chi connectivity index (χ0v) is 20.0. The summed E-state index contributed by atoms with van der Waals surface area (Å²) >= 11 is 1.60. The van der Waals surface area contributed by atoms with Crippen molar-refractivity contribution in [2.24, 2.45) is 5.73 Å². The average Bonchev–Trinajstić information content (AvgIpc) is 3.59. The van der Waals surface area contributed by atoms with Gasteiger partial charge in [0.2, 0.25) is 5.89 Å². The number of carbonyl (C=O) groups excluding carboxylic acids is 1. The van der Waals surface area contributed by atoms with Crippen molar-refractivity contribution in [3.8, 4) is 11.6 Å². The molecule has 0 unspecified atom stereocenters. The van der Waals surface area contributed by atoms with Crippen LogP contribution in [-0.4, -0.2) is 37.5 Å². The molecule has 1 aliphatic rings. The molecular formula is C25H26N6O2S. The predicted octanol–water partition coefficient (Wildman–Crippen LogP) is 4.29. The van der Waals surface area contributed by atoms with Crippen molar-refractivity contribution in [1.82, 2.24) is 25.1 Å². The van der Waals surface area contributed by atoms with E-state index in [9.17, 15) is 4.79 Å². The highest BCUT2D eigenvalue weighted by atomic mass is 32.1. The molecule has 0 saturated carbocycles. The van der Waals surface area contributed by atoms with Crippen molar-refractivity contribution >= 4 is 17.2 Å². The van der Waals surface area contributed by atoms with Crippen LogP contribution in [0.2, 0.25) is 0 Å². The SMILES string of the molecule is Cc1csc([C@H]2CCCN2C(=O)c2cccc(-c3nnc([C@](C)(N)Cc4ccccc4)o3)n2)n1. The summed E-state index contributed by atoms with van der Waals surface area (Å²) in [6.45, 7) is 4.51. The second-order valence-corrected chi connectivity index (χ2v) is 9.77. The van der Waals surface area contributed by atoms with E-state index in [1.54, 1.807) is 29.5 Å². The molecule has 0 bridgehead atoms. The van der Waals surface area contributed by atoms with Crippen molar-refractivity contribution < 1.29 is 9.21 Å². The third-order valence-corrected chi connectivity index (χ3v) is 7.01. The zero-order valence-electron chi connectivity index (χ0n) is 19.1. The Morgan fingerprint density at radius 3 is 2.76 bits per heavy atom. The molecule has 3 aromatic heterocycles. The number of rotatable bonds is 6. The van der Waals surface area contributed by atoms with E-state index < -0.39 is 5.54 Å². The van der Waals surface area contributed by atoms with Crippen LogP contribution in [0.5, 0.6) is 0 Å². The van der Waals surface area contributed by atoms with Gasteiger partial charge in [-0.2, -0.15) is 0 Å². The maximum absolute atomic E-state index is 13.3. The molecule has 0 spiro atoms. The molecule has 1 aliphatic heterocycles. The minimum absolute atomic E-state index is 0.0115. The molecule has 174 valence electrons. The summed E-state index contributed by atoms with van der Waals surface area (Å²) in [6.07, 6.45) is 2.40. The van der Waals surface area contributed by atoms with Crippen LogP contribution in [0.25, 0.3) is 11.6 Å². The van der Waals surface area contributed by atoms with Crippen LogP contribution in [0.1, 0.15) is 58.5 Å². The second kappa shape index (κ2) is 9.08. The molecule has 2 N–H and O–H groups in total. The van der Waals surface area contributed by atoms with E-state index in [2.05, 4.69) is 20.2 Å². The largest absolute Gasteiger partial charge is 0.417 e. The van der Waals surface area contributed by atoms with E-state index in [4.69, 9.17) is 10.2 Å². The van der Waals surface area contributed by atoms with Crippen LogP contribution >= 0.6 is 11.3 Å². The first-order chi connectivity index (χ1) is 16.4. The minimum Gasteiger partial charge on any atom is -0.417 e. The van der Waals surface area contributed by atoms with E-state index in [0.717, 1.165) is 29.1 Å². The number of benzene rings is 1. The Kier molecular flexibility index (Phi) is 5.97. The number of carbonyl (C=O) groups is 1. The third kappa shape index (κ3) is 4.49. The first-order valence-electron chi connectivity index (χ1n) is 11.3. The Labute approximate surface area is 201 Å². The van der Waals surface area contributed by atoms with E-state index in [1.165, 1.54) is 0 Å². The molecule has 1 fully saturated rings. The van der Waals surface area contributed by atoms with Gasteiger partial charge in [-0.3, -0.25) is 4.79 Å². The van der Waals surface area contributed by atoms with Crippen LogP contribution in [0, 0.1) is 6.92 Å². The number of aromatic nitrogens is 4. The summed E-state index contributed by atoms with van der Waals surface area (Å²) in [4.78, 5) is 24.4. The molecular weight excluding hydrogens is 448 g/mol. The maximum atomic E-state index is 13.3.